The number of thiophene rings is 1. The molecule has 0 aliphatic carbocycles. The molecule has 1 rings (SSSR count). The Balaban J connectivity index is 3.02. The minimum Gasteiger partial charge on any atom is -0.312 e. The van der Waals surface area contributed by atoms with Crippen LogP contribution < -0.4 is 0 Å². The normalized spacial score (nSPS) is 9.42. The maximum Gasteiger partial charge on any atom is 0.240 e. The summed E-state index contributed by atoms with van der Waals surface area (Å²) in [5.41, 5.74) is 0.986. The summed E-state index contributed by atoms with van der Waals surface area (Å²) in [4.78, 5) is 16.1. The number of hydrogen-bond acceptors (Lipinski definition) is 2. The minimum absolute atomic E-state index is 0.0827. The van der Waals surface area contributed by atoms with Crippen LogP contribution in [0.25, 0.3) is 4.85 Å². The van der Waals surface area contributed by atoms with E-state index < -0.39 is 0 Å². The molecule has 1 heterocycles. The number of rotatable bonds is 2. The second-order valence-electron chi connectivity index (χ2n) is 2.56. The van der Waals surface area contributed by atoms with Crippen molar-refractivity contribution in [2.45, 2.75) is 20.4 Å². The number of ketones is 1. The van der Waals surface area contributed by atoms with Crippen LogP contribution in [0.1, 0.15) is 27.0 Å². The molecule has 0 aliphatic rings. The van der Waals surface area contributed by atoms with Crippen LogP contribution in [-0.2, 0) is 6.54 Å². The van der Waals surface area contributed by atoms with Crippen molar-refractivity contribution in [1.82, 2.24) is 0 Å². The largest absolute Gasteiger partial charge is 0.312 e. The lowest BCUT2D eigenvalue weighted by Gasteiger charge is -1.83. The minimum atomic E-state index is 0.0827. The van der Waals surface area contributed by atoms with Gasteiger partial charge in [0.1, 0.15) is 0 Å². The highest BCUT2D eigenvalue weighted by Gasteiger charge is 2.09. The molecule has 0 fully saturated rings. The highest BCUT2D eigenvalue weighted by atomic mass is 32.1. The lowest BCUT2D eigenvalue weighted by Crippen LogP contribution is -1.84. The zero-order chi connectivity index (χ0) is 9.14. The molecule has 0 saturated carbocycles. The SMILES string of the molecule is [C-]#[N+]Cc1cc(C(C)=O)sc1C. The molecular weight excluding hydrogens is 170 g/mol. The standard InChI is InChI=1S/C9H9NOS/c1-6(11)9-4-8(5-10-3)7(2)12-9/h4H,5H2,1-2H3. The maximum absolute atomic E-state index is 10.9. The van der Waals surface area contributed by atoms with E-state index in [1.54, 1.807) is 6.92 Å². The Labute approximate surface area is 75.7 Å². The first-order valence-electron chi connectivity index (χ1n) is 3.58. The Morgan fingerprint density at radius 2 is 2.42 bits per heavy atom. The van der Waals surface area contributed by atoms with Crippen LogP contribution in [0.4, 0.5) is 0 Å². The molecule has 0 bridgehead atoms. The van der Waals surface area contributed by atoms with Gasteiger partial charge in [-0.2, -0.15) is 0 Å². The smallest absolute Gasteiger partial charge is 0.240 e. The van der Waals surface area contributed by atoms with Crippen molar-refractivity contribution in [2.75, 3.05) is 0 Å². The molecule has 0 amide bonds. The molecule has 0 spiro atoms. The quantitative estimate of drug-likeness (QED) is 0.505. The van der Waals surface area contributed by atoms with E-state index in [1.165, 1.54) is 11.3 Å². The monoisotopic (exact) mass is 179 g/mol. The van der Waals surface area contributed by atoms with Crippen molar-refractivity contribution < 1.29 is 4.79 Å². The molecule has 0 N–H and O–H groups in total. The molecule has 1 aromatic rings. The van der Waals surface area contributed by atoms with Gasteiger partial charge in [0.05, 0.1) is 4.88 Å². The van der Waals surface area contributed by atoms with Gasteiger partial charge in [-0.1, -0.05) is 0 Å². The lowest BCUT2D eigenvalue weighted by atomic mass is 10.2. The summed E-state index contributed by atoms with van der Waals surface area (Å²) in [6.07, 6.45) is 0. The van der Waals surface area contributed by atoms with Gasteiger partial charge in [-0.15, -0.1) is 11.3 Å². The lowest BCUT2D eigenvalue weighted by molar-refractivity contribution is 0.102. The number of Topliss-reactive ketones (excluding diaryl/α,β-unsaturated/α-hetero) is 1. The van der Waals surface area contributed by atoms with E-state index in [-0.39, 0.29) is 5.78 Å². The number of aryl methyl sites for hydroxylation is 1. The fraction of sp³-hybridized carbons (Fsp3) is 0.333. The van der Waals surface area contributed by atoms with Gasteiger partial charge in [-0.25, -0.2) is 6.57 Å². The third kappa shape index (κ3) is 1.72. The van der Waals surface area contributed by atoms with Crippen LogP contribution in [-0.4, -0.2) is 5.78 Å². The van der Waals surface area contributed by atoms with E-state index in [4.69, 9.17) is 6.57 Å². The molecular formula is C9H9NOS. The van der Waals surface area contributed by atoms with Crippen LogP contribution in [0.2, 0.25) is 0 Å². The molecule has 12 heavy (non-hydrogen) atoms. The molecule has 0 aromatic carbocycles. The highest BCUT2D eigenvalue weighted by Crippen LogP contribution is 2.22. The average molecular weight is 179 g/mol. The van der Waals surface area contributed by atoms with Gasteiger partial charge >= 0.3 is 0 Å². The average Bonchev–Trinajstić information content (AvgIpc) is 2.34. The van der Waals surface area contributed by atoms with Crippen molar-refractivity contribution in [3.05, 3.63) is 32.8 Å². The van der Waals surface area contributed by atoms with E-state index in [0.29, 0.717) is 6.54 Å². The number of carbonyl (C=O) groups is 1. The van der Waals surface area contributed by atoms with E-state index >= 15 is 0 Å². The Bertz CT molecular complexity index is 346. The van der Waals surface area contributed by atoms with Gasteiger partial charge in [0.15, 0.2) is 5.78 Å². The van der Waals surface area contributed by atoms with Gasteiger partial charge in [0.2, 0.25) is 6.54 Å². The molecule has 2 nitrogen and oxygen atoms in total. The maximum atomic E-state index is 10.9. The molecule has 1 aromatic heterocycles. The van der Waals surface area contributed by atoms with Crippen LogP contribution in [0.15, 0.2) is 6.07 Å². The summed E-state index contributed by atoms with van der Waals surface area (Å²) in [5.74, 6) is 0.0827. The molecule has 0 radical (unpaired) electrons. The third-order valence-electron chi connectivity index (χ3n) is 1.62. The highest BCUT2D eigenvalue weighted by molar-refractivity contribution is 7.14. The second-order valence-corrected chi connectivity index (χ2v) is 3.82. The van der Waals surface area contributed by atoms with Crippen LogP contribution in [0.5, 0.6) is 0 Å². The van der Waals surface area contributed by atoms with Crippen molar-refractivity contribution in [1.29, 1.82) is 0 Å². The number of carbonyl (C=O) groups excluding carboxylic acids is 1. The summed E-state index contributed by atoms with van der Waals surface area (Å²) < 4.78 is 0. The van der Waals surface area contributed by atoms with Crippen molar-refractivity contribution in [2.24, 2.45) is 0 Å². The van der Waals surface area contributed by atoms with Crippen molar-refractivity contribution in [3.8, 4) is 0 Å². The van der Waals surface area contributed by atoms with Crippen molar-refractivity contribution in [3.63, 3.8) is 0 Å². The predicted molar refractivity (Wildman–Crippen MR) is 49.4 cm³/mol. The van der Waals surface area contributed by atoms with E-state index in [1.807, 2.05) is 13.0 Å². The first-order chi connectivity index (χ1) is 5.65. The Kier molecular flexibility index (Phi) is 2.61. The van der Waals surface area contributed by atoms with Crippen LogP contribution >= 0.6 is 11.3 Å². The summed E-state index contributed by atoms with van der Waals surface area (Å²) in [7, 11) is 0. The molecule has 3 heteroatoms. The van der Waals surface area contributed by atoms with Crippen LogP contribution in [0.3, 0.4) is 0 Å². The molecule has 0 atom stereocenters. The zero-order valence-corrected chi connectivity index (χ0v) is 7.86. The molecule has 0 saturated heterocycles. The second kappa shape index (κ2) is 3.51. The first kappa shape index (κ1) is 8.95. The van der Waals surface area contributed by atoms with E-state index in [0.717, 1.165) is 15.3 Å². The van der Waals surface area contributed by atoms with Gasteiger partial charge in [-0.05, 0) is 19.9 Å². The van der Waals surface area contributed by atoms with E-state index in [2.05, 4.69) is 4.85 Å². The van der Waals surface area contributed by atoms with Gasteiger partial charge in [0, 0.05) is 10.4 Å². The van der Waals surface area contributed by atoms with Gasteiger partial charge in [0.25, 0.3) is 0 Å². The first-order valence-corrected chi connectivity index (χ1v) is 4.40. The molecule has 62 valence electrons. The van der Waals surface area contributed by atoms with Crippen molar-refractivity contribution >= 4 is 17.1 Å². The Morgan fingerprint density at radius 3 is 2.83 bits per heavy atom. The predicted octanol–water partition coefficient (Wildman–Crippen LogP) is 2.68. The summed E-state index contributed by atoms with van der Waals surface area (Å²) >= 11 is 1.47. The fourth-order valence-electron chi connectivity index (χ4n) is 0.935. The molecule has 0 aliphatic heterocycles. The van der Waals surface area contributed by atoms with Gasteiger partial charge < -0.3 is 4.85 Å². The van der Waals surface area contributed by atoms with Gasteiger partial charge in [-0.3, -0.25) is 4.79 Å². The number of hydrogen-bond donors (Lipinski definition) is 0. The number of nitrogens with zero attached hydrogens (tertiary/aromatic N) is 1. The Morgan fingerprint density at radius 1 is 1.75 bits per heavy atom. The fourth-order valence-corrected chi connectivity index (χ4v) is 1.86. The zero-order valence-electron chi connectivity index (χ0n) is 7.05. The topological polar surface area (TPSA) is 21.4 Å². The summed E-state index contributed by atoms with van der Waals surface area (Å²) in [6.45, 7) is 10.6. The summed E-state index contributed by atoms with van der Waals surface area (Å²) in [6, 6.07) is 1.82. The third-order valence-corrected chi connectivity index (χ3v) is 2.81. The van der Waals surface area contributed by atoms with E-state index in [9.17, 15) is 4.79 Å². The summed E-state index contributed by atoms with van der Waals surface area (Å²) in [5, 5.41) is 0. The van der Waals surface area contributed by atoms with Crippen LogP contribution in [0, 0.1) is 13.5 Å². The molecule has 0 unspecified atom stereocenters. The Hall–Kier alpha value is -1.14.